The lowest BCUT2D eigenvalue weighted by Gasteiger charge is -2.11. The lowest BCUT2D eigenvalue weighted by molar-refractivity contribution is 0.358. The molecule has 0 atom stereocenters. The van der Waals surface area contributed by atoms with Crippen LogP contribution in [0.15, 0.2) is 48.6 Å². The van der Waals surface area contributed by atoms with Crippen LogP contribution in [-0.4, -0.2) is 28.7 Å². The van der Waals surface area contributed by atoms with E-state index in [2.05, 4.69) is 85.1 Å². The number of H-pyrrole nitrogens is 1. The van der Waals surface area contributed by atoms with Gasteiger partial charge in [0.15, 0.2) is 0 Å². The highest BCUT2D eigenvalue weighted by Gasteiger charge is 2.03. The van der Waals surface area contributed by atoms with Gasteiger partial charge in [0.2, 0.25) is 0 Å². The van der Waals surface area contributed by atoms with Crippen LogP contribution in [0.2, 0.25) is 0 Å². The van der Waals surface area contributed by atoms with Crippen LogP contribution in [0.1, 0.15) is 37.7 Å². The molecule has 2 rings (SSSR count). The lowest BCUT2D eigenvalue weighted by Crippen LogP contribution is -2.17. The topological polar surface area (TPSA) is 31.9 Å². The molecule has 0 amide bonds. The Kier molecular flexibility index (Phi) is 11.5. The largest absolute Gasteiger partial charge is 0.297 e. The summed E-state index contributed by atoms with van der Waals surface area (Å²) in [5.74, 6) is 6.29. The van der Waals surface area contributed by atoms with Crippen molar-refractivity contribution in [1.29, 1.82) is 0 Å². The number of hydrogen-bond donors (Lipinski definition) is 1. The maximum absolute atomic E-state index is 4.38. The minimum Gasteiger partial charge on any atom is -0.297 e. The molecule has 0 saturated carbocycles. The average molecular weight is 406 g/mol. The predicted octanol–water partition coefficient (Wildman–Crippen LogP) is 5.46. The van der Waals surface area contributed by atoms with E-state index in [0.29, 0.717) is 0 Å². The van der Waals surface area contributed by atoms with Gasteiger partial charge in [-0.05, 0) is 51.6 Å². The number of hydrogen-bond acceptors (Lipinski definition) is 2. The van der Waals surface area contributed by atoms with Crippen LogP contribution >= 0.6 is 24.8 Å². The van der Waals surface area contributed by atoms with E-state index < -0.39 is 0 Å². The molecule has 27 heavy (non-hydrogen) atoms. The van der Waals surface area contributed by atoms with Crippen LogP contribution in [-0.2, 0) is 6.54 Å². The molecule has 5 heteroatoms. The average Bonchev–Trinajstić information content (AvgIpc) is 3.00. The van der Waals surface area contributed by atoms with Gasteiger partial charge in [0.1, 0.15) is 0 Å². The van der Waals surface area contributed by atoms with Gasteiger partial charge in [0.05, 0.1) is 11.4 Å². The molecule has 0 spiro atoms. The molecular formula is C22H29Cl2N3. The van der Waals surface area contributed by atoms with Crippen LogP contribution < -0.4 is 0 Å². The summed E-state index contributed by atoms with van der Waals surface area (Å²) in [6.45, 7) is 7.98. The fraction of sp³-hybridized carbons (Fsp3) is 0.318. The first-order valence-corrected chi connectivity index (χ1v) is 8.56. The lowest BCUT2D eigenvalue weighted by atomic mass is 9.98. The van der Waals surface area contributed by atoms with E-state index in [1.165, 1.54) is 5.56 Å². The Labute approximate surface area is 175 Å². The van der Waals surface area contributed by atoms with Crippen molar-refractivity contribution in [1.82, 2.24) is 15.1 Å². The fourth-order valence-corrected chi connectivity index (χ4v) is 2.19. The Bertz CT molecular complexity index is 775. The normalized spacial score (nSPS) is 11.1. The molecular weight excluding hydrogens is 377 g/mol. The van der Waals surface area contributed by atoms with Gasteiger partial charge >= 0.3 is 0 Å². The van der Waals surface area contributed by atoms with Crippen LogP contribution in [0.25, 0.3) is 12.2 Å². The molecule has 3 nitrogen and oxygen atoms in total. The Morgan fingerprint density at radius 1 is 1.11 bits per heavy atom. The molecule has 1 heterocycles. The standard InChI is InChI=1S/C22H27N3.2ClH/c1-22(2,3)15-9-6-10-16-25(4)18-21-17-20(23-24-21)14-13-19-11-7-5-8-12-19;;/h5-8,10-14,17H,16,18H2,1-4H3,(H,23,24);2*1H/b10-6+,14-13+;;. The van der Waals surface area contributed by atoms with E-state index in [-0.39, 0.29) is 30.2 Å². The molecule has 0 fully saturated rings. The first kappa shape index (κ1) is 25.0. The zero-order valence-corrected chi connectivity index (χ0v) is 18.0. The van der Waals surface area contributed by atoms with Gasteiger partial charge in [-0.25, -0.2) is 0 Å². The summed E-state index contributed by atoms with van der Waals surface area (Å²) in [4.78, 5) is 2.20. The third-order valence-electron chi connectivity index (χ3n) is 3.40. The van der Waals surface area contributed by atoms with Crippen molar-refractivity contribution in [2.45, 2.75) is 27.3 Å². The summed E-state index contributed by atoms with van der Waals surface area (Å²) in [6, 6.07) is 12.3. The van der Waals surface area contributed by atoms with Crippen molar-refractivity contribution in [3.63, 3.8) is 0 Å². The highest BCUT2D eigenvalue weighted by atomic mass is 35.5. The molecule has 1 aromatic carbocycles. The van der Waals surface area contributed by atoms with Gasteiger partial charge in [0.25, 0.3) is 0 Å². The van der Waals surface area contributed by atoms with Crippen LogP contribution in [0.4, 0.5) is 0 Å². The first-order valence-electron chi connectivity index (χ1n) is 8.56. The quantitative estimate of drug-likeness (QED) is 0.646. The van der Waals surface area contributed by atoms with E-state index in [9.17, 15) is 0 Å². The number of benzene rings is 1. The second-order valence-electron chi connectivity index (χ2n) is 7.18. The number of aromatic amines is 1. The second kappa shape index (κ2) is 12.4. The summed E-state index contributed by atoms with van der Waals surface area (Å²) in [5.41, 5.74) is 3.27. The van der Waals surface area contributed by atoms with E-state index in [1.54, 1.807) is 0 Å². The van der Waals surface area contributed by atoms with Crippen molar-refractivity contribution in [3.8, 4) is 11.8 Å². The number of halogens is 2. The van der Waals surface area contributed by atoms with Gasteiger partial charge in [-0.15, -0.1) is 24.8 Å². The Hall–Kier alpha value is -1.99. The molecule has 146 valence electrons. The highest BCUT2D eigenvalue weighted by molar-refractivity contribution is 5.85. The third kappa shape index (κ3) is 10.7. The van der Waals surface area contributed by atoms with Crippen molar-refractivity contribution in [3.05, 3.63) is 65.5 Å². The summed E-state index contributed by atoms with van der Waals surface area (Å²) < 4.78 is 0. The van der Waals surface area contributed by atoms with Crippen molar-refractivity contribution >= 4 is 37.0 Å². The van der Waals surface area contributed by atoms with Crippen molar-refractivity contribution in [2.75, 3.05) is 13.6 Å². The van der Waals surface area contributed by atoms with Crippen LogP contribution in [0, 0.1) is 17.3 Å². The number of allylic oxidation sites excluding steroid dienone is 1. The molecule has 0 saturated heterocycles. The zero-order valence-electron chi connectivity index (χ0n) is 16.4. The Morgan fingerprint density at radius 2 is 1.81 bits per heavy atom. The Balaban J connectivity index is 0.00000338. The number of aromatic nitrogens is 2. The monoisotopic (exact) mass is 405 g/mol. The zero-order chi connectivity index (χ0) is 18.1. The molecule has 0 aliphatic carbocycles. The molecule has 0 aliphatic rings. The fourth-order valence-electron chi connectivity index (χ4n) is 2.19. The minimum atomic E-state index is 0. The maximum Gasteiger partial charge on any atom is 0.0768 e. The van der Waals surface area contributed by atoms with Crippen LogP contribution in [0.3, 0.4) is 0 Å². The second-order valence-corrected chi connectivity index (χ2v) is 7.18. The molecule has 1 N–H and O–H groups in total. The molecule has 0 aliphatic heterocycles. The summed E-state index contributed by atoms with van der Waals surface area (Å²) in [7, 11) is 2.08. The Morgan fingerprint density at radius 3 is 2.48 bits per heavy atom. The van der Waals surface area contributed by atoms with Gasteiger partial charge < -0.3 is 0 Å². The molecule has 0 unspecified atom stereocenters. The first-order chi connectivity index (χ1) is 11.9. The summed E-state index contributed by atoms with van der Waals surface area (Å²) in [5, 5.41) is 7.45. The van der Waals surface area contributed by atoms with Gasteiger partial charge in [0, 0.05) is 18.5 Å². The van der Waals surface area contributed by atoms with Crippen molar-refractivity contribution in [2.24, 2.45) is 5.41 Å². The third-order valence-corrected chi connectivity index (χ3v) is 3.40. The molecule has 1 aromatic heterocycles. The van der Waals surface area contributed by atoms with Gasteiger partial charge in [-0.2, -0.15) is 5.10 Å². The van der Waals surface area contributed by atoms with Gasteiger partial charge in [-0.1, -0.05) is 54.3 Å². The highest BCUT2D eigenvalue weighted by Crippen LogP contribution is 2.10. The SMILES string of the molecule is CN(C/C=C/C#CC(C)(C)C)Cc1cc(/C=C/c2ccccc2)[nH]n1.Cl.Cl. The number of nitrogens with zero attached hydrogens (tertiary/aromatic N) is 2. The molecule has 2 aromatic rings. The summed E-state index contributed by atoms with van der Waals surface area (Å²) in [6.07, 6.45) is 8.15. The van der Waals surface area contributed by atoms with Crippen molar-refractivity contribution < 1.29 is 0 Å². The number of likely N-dealkylation sites (N-methyl/N-ethyl adjacent to an activating group) is 1. The van der Waals surface area contributed by atoms with E-state index in [4.69, 9.17) is 0 Å². The van der Waals surface area contributed by atoms with E-state index in [1.807, 2.05) is 30.4 Å². The maximum atomic E-state index is 4.38. The predicted molar refractivity (Wildman–Crippen MR) is 121 cm³/mol. The summed E-state index contributed by atoms with van der Waals surface area (Å²) >= 11 is 0. The van der Waals surface area contributed by atoms with E-state index in [0.717, 1.165) is 24.5 Å². The van der Waals surface area contributed by atoms with Gasteiger partial charge in [-0.3, -0.25) is 10.00 Å². The van der Waals surface area contributed by atoms with Crippen LogP contribution in [0.5, 0.6) is 0 Å². The minimum absolute atomic E-state index is 0. The number of rotatable bonds is 6. The molecule has 0 radical (unpaired) electrons. The number of nitrogens with one attached hydrogen (secondary N) is 1. The smallest absolute Gasteiger partial charge is 0.0768 e. The van der Waals surface area contributed by atoms with E-state index >= 15 is 0 Å². The molecule has 0 bridgehead atoms.